The summed E-state index contributed by atoms with van der Waals surface area (Å²) < 4.78 is 30.7. The minimum Gasteiger partial charge on any atom is -0.493 e. The van der Waals surface area contributed by atoms with Crippen LogP contribution in [0.5, 0.6) is 5.75 Å². The lowest BCUT2D eigenvalue weighted by Gasteiger charge is -2.62. The Hall–Kier alpha value is -3.27. The van der Waals surface area contributed by atoms with Crippen molar-refractivity contribution >= 4 is 27.3 Å². The zero-order chi connectivity index (χ0) is 40.6. The largest absolute Gasteiger partial charge is 0.493 e. The Morgan fingerprint density at radius 2 is 1.84 bits per heavy atom. The molecule has 0 spiro atoms. The van der Waals surface area contributed by atoms with E-state index in [1.807, 2.05) is 69.2 Å². The van der Waals surface area contributed by atoms with Crippen LogP contribution in [0.25, 0.3) is 11.1 Å². The number of nitrogens with zero attached hydrogens (tertiary/aromatic N) is 3. The molecule has 55 heavy (non-hydrogen) atoms. The van der Waals surface area contributed by atoms with Crippen molar-refractivity contribution in [2.24, 2.45) is 29.1 Å². The fraction of sp³-hybridized carbons (Fsp3) is 0.659. The van der Waals surface area contributed by atoms with E-state index in [2.05, 4.69) is 31.4 Å². The third-order valence-electron chi connectivity index (χ3n) is 12.2. The molecule has 4 aliphatic rings. The highest BCUT2D eigenvalue weighted by Crippen LogP contribution is 2.61. The average Bonchev–Trinajstić information content (AvgIpc) is 3.47. The van der Waals surface area contributed by atoms with Crippen molar-refractivity contribution in [2.45, 2.75) is 84.3 Å². The number of amides is 2. The van der Waals surface area contributed by atoms with E-state index in [-0.39, 0.29) is 36.3 Å². The second kappa shape index (κ2) is 17.1. The van der Waals surface area contributed by atoms with Gasteiger partial charge in [0.25, 0.3) is 5.91 Å². The van der Waals surface area contributed by atoms with Gasteiger partial charge < -0.3 is 35.4 Å². The summed E-state index contributed by atoms with van der Waals surface area (Å²) in [5, 5.41) is 29.2. The highest BCUT2D eigenvalue weighted by molar-refractivity contribution is 7.90. The van der Waals surface area contributed by atoms with Crippen molar-refractivity contribution in [2.75, 3.05) is 64.9 Å². The molecule has 9 atom stereocenters. The van der Waals surface area contributed by atoms with Crippen molar-refractivity contribution in [3.8, 4) is 16.9 Å². The number of hydroxylamine groups is 2. The number of ether oxygens (including phenoxy) is 1. The van der Waals surface area contributed by atoms with Gasteiger partial charge in [0.1, 0.15) is 27.7 Å². The highest BCUT2D eigenvalue weighted by Gasteiger charge is 2.57. The summed E-state index contributed by atoms with van der Waals surface area (Å²) in [6.45, 7) is 10.8. The molecular weight excluding hydrogens is 723 g/mol. The van der Waals surface area contributed by atoms with Gasteiger partial charge in [-0.25, -0.2) is 8.42 Å². The Bertz CT molecular complexity index is 1800. The van der Waals surface area contributed by atoms with Crippen molar-refractivity contribution in [3.63, 3.8) is 0 Å². The maximum Gasteiger partial charge on any atom is 0.251 e. The molecule has 3 saturated carbocycles. The molecular formula is C41H63N5O8S. The fourth-order valence-electron chi connectivity index (χ4n) is 9.27. The van der Waals surface area contributed by atoms with E-state index in [1.54, 1.807) is 24.1 Å². The Kier molecular flexibility index (Phi) is 13.3. The predicted octanol–water partition coefficient (Wildman–Crippen LogP) is 3.18. The Labute approximate surface area is 327 Å². The first-order valence-electron chi connectivity index (χ1n) is 19.5. The van der Waals surface area contributed by atoms with Crippen LogP contribution in [0.2, 0.25) is 0 Å². The number of carbonyl (C=O) groups is 2. The quantitative estimate of drug-likeness (QED) is 0.198. The Morgan fingerprint density at radius 1 is 1.13 bits per heavy atom. The molecule has 4 N–H and O–H groups in total. The molecule has 3 aliphatic carbocycles. The number of anilines is 1. The number of fused-ring (bicyclic) bond motifs is 2. The standard InChI is InChI=1S/C41H63N5O8S/c1-11-53-38-26(20-46-37(36(25(3)48)35(22-47)54-46)40(50)43-34-19-29-18-33(24(34)2)41(29,4)5)13-12-14-32(38)27-15-28(17-31(16-27)45(8)9)39(49)42-30(21-44(6)7)23-55(10,51)52/h12-17,24-25,29-30,33-37,47-48H,11,18-23H2,1-10H3,(H,42,49)(H,43,50)/t24-,25-,29+,30+,33-,34-,35-,36+,37-/m0/s1. The third-order valence-corrected chi connectivity index (χ3v) is 13.2. The summed E-state index contributed by atoms with van der Waals surface area (Å²) in [5.41, 5.74) is 3.50. The van der Waals surface area contributed by atoms with Gasteiger partial charge in [0, 0.05) is 61.2 Å². The van der Waals surface area contributed by atoms with Crippen LogP contribution in [-0.4, -0.2) is 131 Å². The van der Waals surface area contributed by atoms with Crippen LogP contribution in [0.3, 0.4) is 0 Å². The Balaban J connectivity index is 1.48. The predicted molar refractivity (Wildman–Crippen MR) is 214 cm³/mol. The van der Waals surface area contributed by atoms with Gasteiger partial charge in [-0.3, -0.25) is 14.4 Å². The zero-order valence-corrected chi connectivity index (χ0v) is 35.0. The van der Waals surface area contributed by atoms with Crippen LogP contribution in [0.4, 0.5) is 5.69 Å². The van der Waals surface area contributed by atoms with E-state index in [4.69, 9.17) is 9.57 Å². The molecule has 2 aromatic carbocycles. The number of hydrogen-bond donors (Lipinski definition) is 4. The molecule has 2 bridgehead atoms. The van der Waals surface area contributed by atoms with Crippen LogP contribution in [0.1, 0.15) is 63.4 Å². The second-order valence-electron chi connectivity index (χ2n) is 17.1. The molecule has 2 aromatic rings. The molecule has 4 fully saturated rings. The topological polar surface area (TPSA) is 161 Å². The van der Waals surface area contributed by atoms with Gasteiger partial charge >= 0.3 is 0 Å². The number of carbonyl (C=O) groups excluding carboxylic acids is 2. The number of aliphatic hydroxyl groups excluding tert-OH is 2. The van der Waals surface area contributed by atoms with Crippen molar-refractivity contribution in [1.29, 1.82) is 0 Å². The van der Waals surface area contributed by atoms with E-state index >= 15 is 0 Å². The lowest BCUT2D eigenvalue weighted by molar-refractivity contribution is -0.183. The smallest absolute Gasteiger partial charge is 0.251 e. The summed E-state index contributed by atoms with van der Waals surface area (Å²) in [4.78, 5) is 38.1. The molecule has 6 rings (SSSR count). The van der Waals surface area contributed by atoms with Gasteiger partial charge in [0.05, 0.1) is 37.7 Å². The van der Waals surface area contributed by atoms with Gasteiger partial charge in [0.15, 0.2) is 0 Å². The number of rotatable bonds is 16. The number of aliphatic hydroxyl groups is 2. The van der Waals surface area contributed by atoms with Crippen molar-refractivity contribution in [3.05, 3.63) is 47.5 Å². The third kappa shape index (κ3) is 9.48. The van der Waals surface area contributed by atoms with Gasteiger partial charge in [-0.2, -0.15) is 5.06 Å². The first-order valence-corrected chi connectivity index (χ1v) is 21.5. The van der Waals surface area contributed by atoms with Gasteiger partial charge in [-0.1, -0.05) is 39.0 Å². The summed E-state index contributed by atoms with van der Waals surface area (Å²) in [7, 11) is 4.04. The normalized spacial score (nSPS) is 27.3. The summed E-state index contributed by atoms with van der Waals surface area (Å²) in [6.07, 6.45) is 1.53. The minimum atomic E-state index is -3.37. The highest BCUT2D eigenvalue weighted by atomic mass is 32.2. The van der Waals surface area contributed by atoms with Crippen LogP contribution < -0.4 is 20.3 Å². The van der Waals surface area contributed by atoms with Crippen LogP contribution in [-0.2, 0) is 26.0 Å². The lowest BCUT2D eigenvalue weighted by Crippen LogP contribution is -2.62. The summed E-state index contributed by atoms with van der Waals surface area (Å²) >= 11 is 0. The van der Waals surface area contributed by atoms with Crippen LogP contribution >= 0.6 is 0 Å². The molecule has 306 valence electrons. The molecule has 0 unspecified atom stereocenters. The molecule has 13 nitrogen and oxygen atoms in total. The molecule has 1 saturated heterocycles. The van der Waals surface area contributed by atoms with E-state index in [9.17, 15) is 28.2 Å². The van der Waals surface area contributed by atoms with Gasteiger partial charge in [-0.15, -0.1) is 0 Å². The molecule has 0 radical (unpaired) electrons. The zero-order valence-electron chi connectivity index (χ0n) is 34.2. The summed E-state index contributed by atoms with van der Waals surface area (Å²) in [6, 6.07) is 9.69. The molecule has 1 heterocycles. The van der Waals surface area contributed by atoms with E-state index in [0.717, 1.165) is 23.9 Å². The first-order chi connectivity index (χ1) is 25.7. The van der Waals surface area contributed by atoms with Gasteiger partial charge in [-0.05, 0) is 87.7 Å². The first kappa shape index (κ1) is 42.9. The maximum atomic E-state index is 14.3. The second-order valence-corrected chi connectivity index (χ2v) is 19.3. The fourth-order valence-corrected chi connectivity index (χ4v) is 10.2. The maximum absolute atomic E-state index is 14.3. The SMILES string of the molecule is CCOc1c(CN2O[C@@H](CO)[C@@H]([C@H](C)O)[C@H]2C(=O)N[C@H]2C[C@H]3C[C@@H]([C@@H]2C)C3(C)C)cccc1-c1cc(C(=O)N[C@H](CN(C)C)CS(C)(=O)=O)cc(N(C)C)c1. The van der Waals surface area contributed by atoms with Crippen LogP contribution in [0.15, 0.2) is 36.4 Å². The number of hydrogen-bond acceptors (Lipinski definition) is 11. The van der Waals surface area contributed by atoms with E-state index in [1.165, 1.54) is 6.42 Å². The molecule has 14 heteroatoms. The minimum absolute atomic E-state index is 0.0103. The molecule has 0 aromatic heterocycles. The van der Waals surface area contributed by atoms with E-state index in [0.29, 0.717) is 53.3 Å². The van der Waals surface area contributed by atoms with Crippen molar-refractivity contribution in [1.82, 2.24) is 20.6 Å². The number of likely N-dealkylation sites (N-methyl/N-ethyl adjacent to an activating group) is 1. The lowest BCUT2D eigenvalue weighted by atomic mass is 9.45. The van der Waals surface area contributed by atoms with Crippen molar-refractivity contribution < 1.29 is 37.8 Å². The van der Waals surface area contributed by atoms with E-state index < -0.39 is 46.0 Å². The van der Waals surface area contributed by atoms with Gasteiger partial charge in [0.2, 0.25) is 5.91 Å². The molecule has 1 aliphatic heterocycles. The number of sulfone groups is 1. The monoisotopic (exact) mass is 785 g/mol. The number of benzene rings is 2. The summed E-state index contributed by atoms with van der Waals surface area (Å²) in [5.74, 6) is 0.429. The molecule has 2 amide bonds. The average molecular weight is 786 g/mol. The number of para-hydroxylation sites is 1. The van der Waals surface area contributed by atoms with Crippen LogP contribution in [0, 0.1) is 29.1 Å². The Morgan fingerprint density at radius 3 is 2.40 bits per heavy atom. The number of nitrogens with one attached hydrogen (secondary N) is 2.